The summed E-state index contributed by atoms with van der Waals surface area (Å²) in [4.78, 5) is 16.7. The Morgan fingerprint density at radius 2 is 1.93 bits per heavy atom. The van der Waals surface area contributed by atoms with E-state index in [9.17, 15) is 18.0 Å². The van der Waals surface area contributed by atoms with Crippen LogP contribution in [0.1, 0.15) is 33.7 Å². The van der Waals surface area contributed by atoms with Crippen LogP contribution in [0.4, 0.5) is 13.2 Å². The van der Waals surface area contributed by atoms with Crippen LogP contribution in [-0.4, -0.2) is 33.5 Å². The van der Waals surface area contributed by atoms with Crippen LogP contribution < -0.4 is 10.1 Å². The second kappa shape index (κ2) is 8.17. The van der Waals surface area contributed by atoms with Crippen LogP contribution in [0.15, 0.2) is 48.7 Å². The number of halogens is 3. The van der Waals surface area contributed by atoms with Crippen molar-refractivity contribution in [2.24, 2.45) is 0 Å². The Morgan fingerprint density at radius 3 is 2.70 bits per heavy atom. The average Bonchev–Trinajstić information content (AvgIpc) is 3.34. The minimum Gasteiger partial charge on any atom is -0.468 e. The van der Waals surface area contributed by atoms with E-state index < -0.39 is 12.8 Å². The third kappa shape index (κ3) is 4.29. The fraction of sp³-hybridized carbons (Fsp3) is 0.286. The number of para-hydroxylation sites is 1. The summed E-state index contributed by atoms with van der Waals surface area (Å²) >= 11 is 0. The standard InChI is InChI=1S/C21H19F3N4O2/c22-21(23,24)13-30-20-14(6-5-11-25-20)12-26-19(29)18-16-9-4-10-17(16)28(27-18)15-7-2-1-3-8-15/h1-3,5-8,11H,4,9-10,12-13H2,(H,26,29). The topological polar surface area (TPSA) is 69.0 Å². The number of rotatable bonds is 6. The highest BCUT2D eigenvalue weighted by Gasteiger charge is 2.29. The SMILES string of the molecule is O=C(NCc1cccnc1OCC(F)(F)F)c1nn(-c2ccccc2)c2c1CCC2. The van der Waals surface area contributed by atoms with Crippen molar-refractivity contribution < 1.29 is 22.7 Å². The molecule has 1 aliphatic rings. The van der Waals surface area contributed by atoms with Gasteiger partial charge in [-0.1, -0.05) is 24.3 Å². The molecule has 1 amide bonds. The highest BCUT2D eigenvalue weighted by Crippen LogP contribution is 2.28. The third-order valence-corrected chi connectivity index (χ3v) is 4.81. The van der Waals surface area contributed by atoms with Crippen LogP contribution in [0.25, 0.3) is 5.69 Å². The lowest BCUT2D eigenvalue weighted by Crippen LogP contribution is -2.25. The molecule has 3 aromatic rings. The smallest absolute Gasteiger partial charge is 0.422 e. The fourth-order valence-corrected chi connectivity index (χ4v) is 3.50. The summed E-state index contributed by atoms with van der Waals surface area (Å²) in [5.41, 5.74) is 3.50. The zero-order chi connectivity index (χ0) is 21.1. The van der Waals surface area contributed by atoms with Crippen LogP contribution in [0.3, 0.4) is 0 Å². The van der Waals surface area contributed by atoms with E-state index in [2.05, 4.69) is 15.4 Å². The van der Waals surface area contributed by atoms with Gasteiger partial charge < -0.3 is 10.1 Å². The van der Waals surface area contributed by atoms with Gasteiger partial charge >= 0.3 is 6.18 Å². The lowest BCUT2D eigenvalue weighted by molar-refractivity contribution is -0.154. The van der Waals surface area contributed by atoms with Crippen molar-refractivity contribution in [1.29, 1.82) is 0 Å². The highest BCUT2D eigenvalue weighted by molar-refractivity contribution is 5.94. The summed E-state index contributed by atoms with van der Waals surface area (Å²) < 4.78 is 43.9. The lowest BCUT2D eigenvalue weighted by Gasteiger charge is -2.12. The maximum absolute atomic E-state index is 12.8. The number of hydrogen-bond acceptors (Lipinski definition) is 4. The Labute approximate surface area is 170 Å². The first kappa shape index (κ1) is 19.9. The molecule has 1 aliphatic carbocycles. The Morgan fingerprint density at radius 1 is 1.13 bits per heavy atom. The molecular formula is C21H19F3N4O2. The number of aromatic nitrogens is 3. The van der Waals surface area contributed by atoms with Gasteiger partial charge in [0, 0.05) is 29.6 Å². The van der Waals surface area contributed by atoms with E-state index in [1.807, 2.05) is 30.3 Å². The third-order valence-electron chi connectivity index (χ3n) is 4.81. The predicted octanol–water partition coefficient (Wildman–Crippen LogP) is 3.63. The zero-order valence-electron chi connectivity index (χ0n) is 15.9. The summed E-state index contributed by atoms with van der Waals surface area (Å²) in [6, 6.07) is 12.7. The average molecular weight is 416 g/mol. The van der Waals surface area contributed by atoms with Crippen molar-refractivity contribution in [2.75, 3.05) is 6.61 Å². The number of alkyl halides is 3. The van der Waals surface area contributed by atoms with Crippen molar-refractivity contribution in [2.45, 2.75) is 32.0 Å². The summed E-state index contributed by atoms with van der Waals surface area (Å²) in [6.45, 7) is -1.47. The van der Waals surface area contributed by atoms with E-state index in [-0.39, 0.29) is 18.3 Å². The number of pyridine rings is 1. The molecule has 0 bridgehead atoms. The predicted molar refractivity (Wildman–Crippen MR) is 103 cm³/mol. The van der Waals surface area contributed by atoms with Crippen LogP contribution in [0, 0.1) is 0 Å². The largest absolute Gasteiger partial charge is 0.468 e. The minimum absolute atomic E-state index is 0.0210. The van der Waals surface area contributed by atoms with E-state index in [1.165, 1.54) is 6.20 Å². The van der Waals surface area contributed by atoms with Gasteiger partial charge in [0.1, 0.15) is 0 Å². The van der Waals surface area contributed by atoms with E-state index in [1.54, 1.807) is 16.8 Å². The number of nitrogens with zero attached hydrogens (tertiary/aromatic N) is 3. The van der Waals surface area contributed by atoms with Gasteiger partial charge in [0.25, 0.3) is 5.91 Å². The number of carbonyl (C=O) groups excluding carboxylic acids is 1. The molecule has 1 N–H and O–H groups in total. The molecule has 2 heterocycles. The Balaban J connectivity index is 1.51. The molecule has 0 saturated carbocycles. The van der Waals surface area contributed by atoms with Gasteiger partial charge in [0.05, 0.1) is 5.69 Å². The molecular weight excluding hydrogens is 397 g/mol. The molecule has 0 fully saturated rings. The minimum atomic E-state index is -4.47. The van der Waals surface area contributed by atoms with Gasteiger partial charge in [0.2, 0.25) is 5.88 Å². The number of fused-ring (bicyclic) bond motifs is 1. The highest BCUT2D eigenvalue weighted by atomic mass is 19.4. The molecule has 0 spiro atoms. The quantitative estimate of drug-likeness (QED) is 0.666. The molecule has 2 aromatic heterocycles. The molecule has 4 rings (SSSR count). The van der Waals surface area contributed by atoms with Crippen LogP contribution in [-0.2, 0) is 19.4 Å². The normalized spacial score (nSPS) is 13.2. The Kier molecular flexibility index (Phi) is 5.43. The second-order valence-electron chi connectivity index (χ2n) is 6.93. The summed E-state index contributed by atoms with van der Waals surface area (Å²) in [5.74, 6) is -0.538. The van der Waals surface area contributed by atoms with Crippen molar-refractivity contribution >= 4 is 5.91 Å². The summed E-state index contributed by atoms with van der Waals surface area (Å²) in [6.07, 6.45) is -0.590. The second-order valence-corrected chi connectivity index (χ2v) is 6.93. The molecule has 0 atom stereocenters. The molecule has 30 heavy (non-hydrogen) atoms. The van der Waals surface area contributed by atoms with Crippen molar-refractivity contribution in [3.63, 3.8) is 0 Å². The van der Waals surface area contributed by atoms with Gasteiger partial charge in [-0.15, -0.1) is 0 Å². The number of nitrogens with one attached hydrogen (secondary N) is 1. The van der Waals surface area contributed by atoms with Gasteiger partial charge in [0.15, 0.2) is 12.3 Å². The number of benzene rings is 1. The van der Waals surface area contributed by atoms with Gasteiger partial charge in [-0.05, 0) is 37.5 Å². The van der Waals surface area contributed by atoms with Crippen LogP contribution in [0.2, 0.25) is 0 Å². The molecule has 0 saturated heterocycles. The maximum Gasteiger partial charge on any atom is 0.422 e. The molecule has 0 unspecified atom stereocenters. The molecule has 0 radical (unpaired) electrons. The number of carbonyl (C=O) groups is 1. The number of ether oxygens (including phenoxy) is 1. The van der Waals surface area contributed by atoms with E-state index in [0.29, 0.717) is 11.3 Å². The summed E-state index contributed by atoms with van der Waals surface area (Å²) in [5, 5.41) is 7.25. The van der Waals surface area contributed by atoms with Crippen LogP contribution in [0.5, 0.6) is 5.88 Å². The van der Waals surface area contributed by atoms with Gasteiger partial charge in [-0.2, -0.15) is 18.3 Å². The fourth-order valence-electron chi connectivity index (χ4n) is 3.50. The van der Waals surface area contributed by atoms with Crippen molar-refractivity contribution in [3.8, 4) is 11.6 Å². The molecule has 0 aliphatic heterocycles. The Hall–Kier alpha value is -3.36. The van der Waals surface area contributed by atoms with Crippen molar-refractivity contribution in [3.05, 3.63) is 71.2 Å². The molecule has 9 heteroatoms. The van der Waals surface area contributed by atoms with Crippen molar-refractivity contribution in [1.82, 2.24) is 20.1 Å². The van der Waals surface area contributed by atoms with Gasteiger partial charge in [-0.25, -0.2) is 9.67 Å². The van der Waals surface area contributed by atoms with E-state index in [4.69, 9.17) is 4.74 Å². The monoisotopic (exact) mass is 416 g/mol. The maximum atomic E-state index is 12.8. The Bertz CT molecular complexity index is 1050. The lowest BCUT2D eigenvalue weighted by atomic mass is 10.2. The molecule has 156 valence electrons. The van der Waals surface area contributed by atoms with E-state index in [0.717, 1.165) is 36.2 Å². The first-order valence-electron chi connectivity index (χ1n) is 9.50. The van der Waals surface area contributed by atoms with E-state index >= 15 is 0 Å². The zero-order valence-corrected chi connectivity index (χ0v) is 15.9. The first-order chi connectivity index (χ1) is 14.4. The molecule has 6 nitrogen and oxygen atoms in total. The van der Waals surface area contributed by atoms with Gasteiger partial charge in [-0.3, -0.25) is 4.79 Å². The number of hydrogen-bond donors (Lipinski definition) is 1. The molecule has 1 aromatic carbocycles. The van der Waals surface area contributed by atoms with Crippen LogP contribution >= 0.6 is 0 Å². The first-order valence-corrected chi connectivity index (χ1v) is 9.50. The number of amides is 1. The summed E-state index contributed by atoms with van der Waals surface area (Å²) in [7, 11) is 0.